The van der Waals surface area contributed by atoms with Crippen molar-refractivity contribution < 1.29 is 61.4 Å². The molecule has 4 heterocycles. The van der Waals surface area contributed by atoms with E-state index in [1.54, 1.807) is 36.4 Å². The van der Waals surface area contributed by atoms with E-state index in [1.165, 1.54) is 19.2 Å². The van der Waals surface area contributed by atoms with Gasteiger partial charge in [-0.15, -0.1) is 20.4 Å². The van der Waals surface area contributed by atoms with Crippen molar-refractivity contribution in [1.29, 1.82) is 0 Å². The third-order valence-electron chi connectivity index (χ3n) is 8.40. The number of methoxy groups -OCH3 is 1. The van der Waals surface area contributed by atoms with E-state index in [4.69, 9.17) is 22.8 Å². The second kappa shape index (κ2) is 15.5. The van der Waals surface area contributed by atoms with Gasteiger partial charge in [-0.1, -0.05) is 24.3 Å². The molecule has 0 unspecified atom stereocenters. The van der Waals surface area contributed by atoms with Crippen molar-refractivity contribution in [2.75, 3.05) is 7.11 Å². The predicted octanol–water partition coefficient (Wildman–Crippen LogP) is 5.85. The summed E-state index contributed by atoms with van der Waals surface area (Å²) in [6.07, 6.45) is 0. The van der Waals surface area contributed by atoms with Gasteiger partial charge in [-0.25, -0.2) is 9.59 Å². The van der Waals surface area contributed by atoms with Crippen molar-refractivity contribution in [1.82, 2.24) is 20.4 Å². The first kappa shape index (κ1) is 38.0. The van der Waals surface area contributed by atoms with Crippen LogP contribution in [0.1, 0.15) is 43.0 Å². The van der Waals surface area contributed by atoms with Gasteiger partial charge in [-0.3, -0.25) is 0 Å². The fourth-order valence-corrected chi connectivity index (χ4v) is 5.50. The number of carbonyl (C=O) groups excluding carboxylic acids is 1. The Morgan fingerprint density at radius 1 is 0.547 bits per heavy atom. The average Bonchev–Trinajstić information content (AvgIpc) is 3.97. The zero-order valence-corrected chi connectivity index (χ0v) is 29.6. The van der Waals surface area contributed by atoms with Crippen LogP contribution < -0.4 is 18.9 Å². The number of aromatic nitrogens is 4. The van der Waals surface area contributed by atoms with Gasteiger partial charge in [-0.05, 0) is 111 Å². The van der Waals surface area contributed by atoms with E-state index in [0.29, 0.717) is 45.9 Å². The molecule has 0 saturated carbocycles. The first-order valence-electron chi connectivity index (χ1n) is 15.8. The van der Waals surface area contributed by atoms with Crippen molar-refractivity contribution in [3.05, 3.63) is 118 Å². The number of aromatic carboxylic acids is 1. The molecule has 0 spiro atoms. The van der Waals surface area contributed by atoms with Crippen LogP contribution in [0.2, 0.25) is 0 Å². The minimum atomic E-state index is -0.981. The van der Waals surface area contributed by atoms with E-state index >= 15 is 0 Å². The number of carbonyl (C=O) groups is 2. The Morgan fingerprint density at radius 2 is 0.925 bits per heavy atom. The molecule has 4 aromatic heterocycles. The molecule has 0 radical (unpaired) electrons. The van der Waals surface area contributed by atoms with Crippen LogP contribution >= 0.6 is 0 Å². The summed E-state index contributed by atoms with van der Waals surface area (Å²) < 4.78 is 28.0. The Bertz CT molecular complexity index is 2490. The maximum Gasteiger partial charge on any atom is 1.00 e. The molecule has 0 aliphatic heterocycles. The Labute approximate surface area is 314 Å². The van der Waals surface area contributed by atoms with Crippen LogP contribution in [0.15, 0.2) is 103 Å². The molecule has 262 valence electrons. The molecule has 0 saturated heterocycles. The summed E-state index contributed by atoms with van der Waals surface area (Å²) >= 11 is 0. The van der Waals surface area contributed by atoms with Gasteiger partial charge in [0.25, 0.3) is 11.8 Å². The summed E-state index contributed by atoms with van der Waals surface area (Å²) in [6.45, 7) is 8.03. The molecule has 2 N–H and O–H groups in total. The summed E-state index contributed by atoms with van der Waals surface area (Å²) in [5.41, 5.74) is 7.96. The molecule has 0 bridgehead atoms. The minimum Gasteiger partial charge on any atom is -0.870 e. The van der Waals surface area contributed by atoms with Crippen LogP contribution in [0.5, 0.6) is 0 Å². The minimum absolute atomic E-state index is 0. The molecule has 14 heteroatoms. The molecular weight excluding hydrogens is 675 g/mol. The predicted molar refractivity (Wildman–Crippen MR) is 189 cm³/mol. The Kier molecular flexibility index (Phi) is 11.1. The molecule has 0 atom stereocenters. The van der Waals surface area contributed by atoms with Crippen LogP contribution in [0, 0.1) is 27.7 Å². The SMILES string of the molecule is COC(=O)c1ccc(-c2nnc(-c3cc4c(C)ccc(C)c4o3)o2)cc1.Cc1ccc(C)c2oc(-c3nnc(-c4ccc(C(=O)O)cc4)o3)cc12.[Li+].[OH-]. The summed E-state index contributed by atoms with van der Waals surface area (Å²) in [7, 11) is 1.34. The van der Waals surface area contributed by atoms with Gasteiger partial charge in [0.05, 0.1) is 18.2 Å². The number of carboxylic acid groups (broad SMARTS) is 1. The third kappa shape index (κ3) is 7.54. The number of aryl methyl sites for hydroxylation is 4. The van der Waals surface area contributed by atoms with Crippen LogP contribution in [0.25, 0.3) is 68.1 Å². The van der Waals surface area contributed by atoms with Gasteiger partial charge in [0.1, 0.15) is 11.2 Å². The second-order valence-corrected chi connectivity index (χ2v) is 11.9. The van der Waals surface area contributed by atoms with Crippen molar-refractivity contribution in [2.24, 2.45) is 0 Å². The van der Waals surface area contributed by atoms with E-state index in [0.717, 1.165) is 44.2 Å². The van der Waals surface area contributed by atoms with Crippen molar-refractivity contribution in [3.63, 3.8) is 0 Å². The van der Waals surface area contributed by atoms with E-state index in [9.17, 15) is 9.59 Å². The Morgan fingerprint density at radius 3 is 1.30 bits per heavy atom. The number of rotatable bonds is 6. The number of furan rings is 2. The Hall–Kier alpha value is -6.26. The number of carboxylic acids is 1. The number of nitrogens with zero attached hydrogens (tertiary/aromatic N) is 4. The van der Waals surface area contributed by atoms with Crippen LogP contribution in [-0.4, -0.2) is 50.0 Å². The maximum atomic E-state index is 11.5. The number of fused-ring (bicyclic) bond motifs is 2. The van der Waals surface area contributed by atoms with Gasteiger partial charge < -0.3 is 33.0 Å². The third-order valence-corrected chi connectivity index (χ3v) is 8.40. The van der Waals surface area contributed by atoms with Crippen LogP contribution in [-0.2, 0) is 4.74 Å². The standard InChI is InChI=1S/C20H16N2O4.C19H14N2O4.Li.H2O/c1-11-4-5-12(2)17-15(11)10-16(25-17)19-22-21-18(26-19)13-6-8-14(9-7-13)20(23)24-3;1-10-3-4-11(2)16-14(10)9-15(24-16)18-21-20-17(25-18)12-5-7-13(8-6-12)19(22)23;;/h4-10H,1-3H3;3-9H,1-2H3,(H,22,23);;1H2/q;;+1;/p-1. The molecule has 8 rings (SSSR count). The smallest absolute Gasteiger partial charge is 0.870 e. The zero-order chi connectivity index (χ0) is 35.8. The van der Waals surface area contributed by atoms with Crippen molar-refractivity contribution in [3.8, 4) is 46.2 Å². The fraction of sp³-hybridized carbons (Fsp3) is 0.128. The largest absolute Gasteiger partial charge is 1.00 e. The second-order valence-electron chi connectivity index (χ2n) is 11.9. The quantitative estimate of drug-likeness (QED) is 0.160. The topological polar surface area (TPSA) is 198 Å². The summed E-state index contributed by atoms with van der Waals surface area (Å²) in [5.74, 6) is 0.919. The molecule has 8 aromatic rings. The first-order chi connectivity index (χ1) is 24.6. The van der Waals surface area contributed by atoms with Gasteiger partial charge in [0, 0.05) is 21.9 Å². The number of benzene rings is 4. The van der Waals surface area contributed by atoms with Crippen molar-refractivity contribution in [2.45, 2.75) is 27.7 Å². The number of ether oxygens (including phenoxy) is 1. The summed E-state index contributed by atoms with van der Waals surface area (Å²) in [5, 5.41) is 27.2. The zero-order valence-electron chi connectivity index (χ0n) is 29.6. The molecule has 0 aliphatic carbocycles. The molecule has 0 amide bonds. The molecule has 0 fully saturated rings. The van der Waals surface area contributed by atoms with Gasteiger partial charge in [0.15, 0.2) is 11.5 Å². The van der Waals surface area contributed by atoms with Gasteiger partial charge in [0.2, 0.25) is 11.8 Å². The van der Waals surface area contributed by atoms with Gasteiger partial charge in [-0.2, -0.15) is 0 Å². The molecular formula is C39H31LiN4O9. The van der Waals surface area contributed by atoms with E-state index < -0.39 is 11.9 Å². The molecule has 0 aliphatic rings. The van der Waals surface area contributed by atoms with Crippen LogP contribution in [0.4, 0.5) is 0 Å². The number of esters is 1. The average molecular weight is 707 g/mol. The number of hydrogen-bond donors (Lipinski definition) is 1. The fourth-order valence-electron chi connectivity index (χ4n) is 5.50. The van der Waals surface area contributed by atoms with E-state index in [1.807, 2.05) is 58.0 Å². The normalized spacial score (nSPS) is 10.7. The molecule has 4 aromatic carbocycles. The molecule has 53 heavy (non-hydrogen) atoms. The van der Waals surface area contributed by atoms with E-state index in [2.05, 4.69) is 31.2 Å². The Balaban J connectivity index is 0.000000197. The monoisotopic (exact) mass is 706 g/mol. The molecule has 13 nitrogen and oxygen atoms in total. The van der Waals surface area contributed by atoms with Gasteiger partial charge >= 0.3 is 30.8 Å². The first-order valence-corrected chi connectivity index (χ1v) is 15.8. The maximum absolute atomic E-state index is 11.5. The van der Waals surface area contributed by atoms with E-state index in [-0.39, 0.29) is 35.8 Å². The summed E-state index contributed by atoms with van der Waals surface area (Å²) in [4.78, 5) is 22.4. The van der Waals surface area contributed by atoms with Crippen molar-refractivity contribution >= 4 is 33.9 Å². The number of hydrogen-bond acceptors (Lipinski definition) is 12. The summed E-state index contributed by atoms with van der Waals surface area (Å²) in [6, 6.07) is 25.0. The van der Waals surface area contributed by atoms with Crippen LogP contribution in [0.3, 0.4) is 0 Å².